The summed E-state index contributed by atoms with van der Waals surface area (Å²) in [5.74, 6) is 0.684. The molecule has 2 aromatic rings. The third-order valence-electron chi connectivity index (χ3n) is 3.11. The molecule has 0 aliphatic heterocycles. The first-order valence-corrected chi connectivity index (χ1v) is 6.46. The molecule has 0 aliphatic carbocycles. The highest BCUT2D eigenvalue weighted by atomic mass is 15.3. The second-order valence-electron chi connectivity index (χ2n) is 5.31. The first-order chi connectivity index (χ1) is 8.56. The van der Waals surface area contributed by atoms with Gasteiger partial charge < -0.3 is 5.73 Å². The summed E-state index contributed by atoms with van der Waals surface area (Å²) in [5, 5.41) is 4.45. The van der Waals surface area contributed by atoms with Gasteiger partial charge in [-0.2, -0.15) is 5.10 Å². The first-order valence-electron chi connectivity index (χ1n) is 6.46. The van der Waals surface area contributed by atoms with E-state index >= 15 is 0 Å². The monoisotopic (exact) mass is 243 g/mol. The van der Waals surface area contributed by atoms with Gasteiger partial charge in [-0.3, -0.25) is 4.68 Å². The molecule has 18 heavy (non-hydrogen) atoms. The predicted molar refractivity (Wildman–Crippen MR) is 76.2 cm³/mol. The Bertz CT molecular complexity index is 497. The third-order valence-corrected chi connectivity index (χ3v) is 3.11. The Labute approximate surface area is 109 Å². The summed E-state index contributed by atoms with van der Waals surface area (Å²) in [6, 6.07) is 8.34. The van der Waals surface area contributed by atoms with E-state index in [0.717, 1.165) is 23.2 Å². The van der Waals surface area contributed by atoms with Crippen molar-refractivity contribution in [2.24, 2.45) is 5.92 Å². The molecular weight excluding hydrogens is 222 g/mol. The SMILES string of the molecule is CC(C)CC(C)n1cc(-c2ccc(N)cc2)cn1. The zero-order valence-corrected chi connectivity index (χ0v) is 11.3. The fourth-order valence-corrected chi connectivity index (χ4v) is 2.19. The molecule has 3 nitrogen and oxygen atoms in total. The van der Waals surface area contributed by atoms with Gasteiger partial charge in [-0.15, -0.1) is 0 Å². The number of benzene rings is 1. The predicted octanol–water partition coefficient (Wildman–Crippen LogP) is 3.74. The number of aromatic nitrogens is 2. The van der Waals surface area contributed by atoms with Gasteiger partial charge in [-0.25, -0.2) is 0 Å². The van der Waals surface area contributed by atoms with Crippen LogP contribution in [0.15, 0.2) is 36.7 Å². The van der Waals surface area contributed by atoms with Gasteiger partial charge in [0.05, 0.1) is 6.20 Å². The van der Waals surface area contributed by atoms with E-state index in [1.165, 1.54) is 0 Å². The molecule has 1 aromatic heterocycles. The van der Waals surface area contributed by atoms with E-state index in [2.05, 4.69) is 32.1 Å². The Morgan fingerprint density at radius 1 is 1.11 bits per heavy atom. The van der Waals surface area contributed by atoms with Gasteiger partial charge in [0.25, 0.3) is 0 Å². The Morgan fingerprint density at radius 3 is 2.39 bits per heavy atom. The fraction of sp³-hybridized carbons (Fsp3) is 0.400. The highest BCUT2D eigenvalue weighted by Gasteiger charge is 2.09. The molecular formula is C15H21N3. The van der Waals surface area contributed by atoms with E-state index in [1.807, 2.05) is 35.1 Å². The summed E-state index contributed by atoms with van der Waals surface area (Å²) in [6.45, 7) is 6.68. The van der Waals surface area contributed by atoms with Crippen molar-refractivity contribution in [2.75, 3.05) is 5.73 Å². The Morgan fingerprint density at radius 2 is 1.78 bits per heavy atom. The lowest BCUT2D eigenvalue weighted by Crippen LogP contribution is -2.08. The standard InChI is InChI=1S/C15H21N3/c1-11(2)8-12(3)18-10-14(9-17-18)13-4-6-15(16)7-5-13/h4-7,9-12H,8,16H2,1-3H3. The topological polar surface area (TPSA) is 43.8 Å². The van der Waals surface area contributed by atoms with Crippen LogP contribution >= 0.6 is 0 Å². The van der Waals surface area contributed by atoms with E-state index < -0.39 is 0 Å². The minimum absolute atomic E-state index is 0.438. The van der Waals surface area contributed by atoms with Gasteiger partial charge in [0.2, 0.25) is 0 Å². The number of hydrogen-bond donors (Lipinski definition) is 1. The highest BCUT2D eigenvalue weighted by Crippen LogP contribution is 2.23. The van der Waals surface area contributed by atoms with Crippen molar-refractivity contribution in [3.05, 3.63) is 36.7 Å². The van der Waals surface area contributed by atoms with Crippen molar-refractivity contribution in [1.82, 2.24) is 9.78 Å². The number of nitrogens with two attached hydrogens (primary N) is 1. The molecule has 0 bridgehead atoms. The normalized spacial score (nSPS) is 12.9. The zero-order chi connectivity index (χ0) is 13.1. The molecule has 1 unspecified atom stereocenters. The van der Waals surface area contributed by atoms with Gasteiger partial charge >= 0.3 is 0 Å². The molecule has 0 amide bonds. The van der Waals surface area contributed by atoms with Crippen LogP contribution in [0.3, 0.4) is 0 Å². The number of nitrogens with zero attached hydrogens (tertiary/aromatic N) is 2. The van der Waals surface area contributed by atoms with Crippen LogP contribution in [0, 0.1) is 5.92 Å². The average molecular weight is 243 g/mol. The molecule has 0 saturated heterocycles. The molecule has 0 saturated carbocycles. The summed E-state index contributed by atoms with van der Waals surface area (Å²) in [6.07, 6.45) is 5.17. The maximum Gasteiger partial charge on any atom is 0.0568 e. The fourth-order valence-electron chi connectivity index (χ4n) is 2.19. The Hall–Kier alpha value is -1.77. The van der Waals surface area contributed by atoms with E-state index in [4.69, 9.17) is 5.73 Å². The number of hydrogen-bond acceptors (Lipinski definition) is 2. The van der Waals surface area contributed by atoms with Gasteiger partial charge in [0.1, 0.15) is 0 Å². The van der Waals surface area contributed by atoms with Crippen LogP contribution < -0.4 is 5.73 Å². The molecule has 2 N–H and O–H groups in total. The van der Waals surface area contributed by atoms with E-state index in [0.29, 0.717) is 12.0 Å². The molecule has 96 valence electrons. The third kappa shape index (κ3) is 2.92. The summed E-state index contributed by atoms with van der Waals surface area (Å²) in [4.78, 5) is 0. The zero-order valence-electron chi connectivity index (χ0n) is 11.3. The van der Waals surface area contributed by atoms with Crippen molar-refractivity contribution in [2.45, 2.75) is 33.2 Å². The van der Waals surface area contributed by atoms with E-state index in [1.54, 1.807) is 0 Å². The molecule has 1 heterocycles. The van der Waals surface area contributed by atoms with Gasteiger partial charge in [0.15, 0.2) is 0 Å². The minimum Gasteiger partial charge on any atom is -0.399 e. The van der Waals surface area contributed by atoms with Crippen molar-refractivity contribution >= 4 is 5.69 Å². The van der Waals surface area contributed by atoms with E-state index in [-0.39, 0.29) is 0 Å². The Balaban J connectivity index is 2.17. The second kappa shape index (κ2) is 5.25. The second-order valence-corrected chi connectivity index (χ2v) is 5.31. The van der Waals surface area contributed by atoms with E-state index in [9.17, 15) is 0 Å². The summed E-state index contributed by atoms with van der Waals surface area (Å²) >= 11 is 0. The van der Waals surface area contributed by atoms with Gasteiger partial charge in [0, 0.05) is 23.5 Å². The molecule has 0 spiro atoms. The molecule has 1 atom stereocenters. The maximum atomic E-state index is 5.69. The van der Waals surface area contributed by atoms with Crippen LogP contribution in [0.5, 0.6) is 0 Å². The number of rotatable bonds is 4. The van der Waals surface area contributed by atoms with Crippen molar-refractivity contribution in [1.29, 1.82) is 0 Å². The van der Waals surface area contributed by atoms with Crippen LogP contribution in [0.4, 0.5) is 5.69 Å². The molecule has 2 rings (SSSR count). The van der Waals surface area contributed by atoms with Crippen molar-refractivity contribution < 1.29 is 0 Å². The molecule has 0 aliphatic rings. The lowest BCUT2D eigenvalue weighted by Gasteiger charge is -2.14. The summed E-state index contributed by atoms with van der Waals surface area (Å²) in [7, 11) is 0. The van der Waals surface area contributed by atoms with Crippen LogP contribution in [0.25, 0.3) is 11.1 Å². The lowest BCUT2D eigenvalue weighted by molar-refractivity contribution is 0.398. The van der Waals surface area contributed by atoms with Gasteiger partial charge in [-0.1, -0.05) is 26.0 Å². The quantitative estimate of drug-likeness (QED) is 0.831. The number of anilines is 1. The Kier molecular flexibility index (Phi) is 3.70. The van der Waals surface area contributed by atoms with Crippen LogP contribution in [-0.4, -0.2) is 9.78 Å². The molecule has 0 radical (unpaired) electrons. The smallest absolute Gasteiger partial charge is 0.0568 e. The summed E-state index contributed by atoms with van der Waals surface area (Å²) in [5.41, 5.74) is 8.79. The van der Waals surface area contributed by atoms with Crippen LogP contribution in [0.1, 0.15) is 33.2 Å². The molecule has 0 fully saturated rings. The molecule has 3 heteroatoms. The minimum atomic E-state index is 0.438. The van der Waals surface area contributed by atoms with Gasteiger partial charge in [-0.05, 0) is 37.0 Å². The first kappa shape index (κ1) is 12.7. The molecule has 1 aromatic carbocycles. The van der Waals surface area contributed by atoms with Crippen LogP contribution in [0.2, 0.25) is 0 Å². The van der Waals surface area contributed by atoms with Crippen molar-refractivity contribution in [3.63, 3.8) is 0 Å². The van der Waals surface area contributed by atoms with Crippen molar-refractivity contribution in [3.8, 4) is 11.1 Å². The largest absolute Gasteiger partial charge is 0.399 e. The maximum absolute atomic E-state index is 5.69. The highest BCUT2D eigenvalue weighted by molar-refractivity contribution is 5.63. The average Bonchev–Trinajstić information content (AvgIpc) is 2.78. The lowest BCUT2D eigenvalue weighted by atomic mass is 10.1. The summed E-state index contributed by atoms with van der Waals surface area (Å²) < 4.78 is 2.05. The van der Waals surface area contributed by atoms with Crippen LogP contribution in [-0.2, 0) is 0 Å². The number of nitrogen functional groups attached to an aromatic ring is 1.